The molecule has 3 heterocycles. The van der Waals surface area contributed by atoms with E-state index in [9.17, 15) is 9.59 Å². The lowest BCUT2D eigenvalue weighted by molar-refractivity contribution is 0.192. The monoisotopic (exact) mass is 353 g/mol. The zero-order chi connectivity index (χ0) is 18.1. The SMILES string of the molecule is CCn1c(C2CCCN(Cc3cc(=O)c4ccccc4[nH]3)C2)n[nH]c1=O. The van der Waals surface area contributed by atoms with E-state index in [4.69, 9.17) is 0 Å². The van der Waals surface area contributed by atoms with Gasteiger partial charge >= 0.3 is 5.69 Å². The van der Waals surface area contributed by atoms with Crippen LogP contribution in [0.15, 0.2) is 39.9 Å². The van der Waals surface area contributed by atoms with Gasteiger partial charge in [0.25, 0.3) is 0 Å². The summed E-state index contributed by atoms with van der Waals surface area (Å²) in [5.74, 6) is 1.07. The molecule has 7 nitrogen and oxygen atoms in total. The summed E-state index contributed by atoms with van der Waals surface area (Å²) in [5.41, 5.74) is 1.70. The summed E-state index contributed by atoms with van der Waals surface area (Å²) in [7, 11) is 0. The number of para-hydroxylation sites is 1. The maximum absolute atomic E-state index is 12.3. The third kappa shape index (κ3) is 3.10. The van der Waals surface area contributed by atoms with E-state index >= 15 is 0 Å². The molecule has 2 aromatic heterocycles. The molecule has 1 atom stereocenters. The van der Waals surface area contributed by atoms with Crippen LogP contribution < -0.4 is 11.1 Å². The number of hydrogen-bond acceptors (Lipinski definition) is 4. The molecule has 0 radical (unpaired) electrons. The number of H-pyrrole nitrogens is 2. The third-order valence-electron chi connectivity index (χ3n) is 5.16. The highest BCUT2D eigenvalue weighted by Gasteiger charge is 2.26. The summed E-state index contributed by atoms with van der Waals surface area (Å²) >= 11 is 0. The average Bonchev–Trinajstić information content (AvgIpc) is 3.02. The summed E-state index contributed by atoms with van der Waals surface area (Å²) in [6, 6.07) is 9.28. The highest BCUT2D eigenvalue weighted by atomic mass is 16.1. The lowest BCUT2D eigenvalue weighted by Gasteiger charge is -2.32. The van der Waals surface area contributed by atoms with Crippen LogP contribution in [0, 0.1) is 0 Å². The summed E-state index contributed by atoms with van der Waals surface area (Å²) < 4.78 is 1.71. The number of rotatable bonds is 4. The van der Waals surface area contributed by atoms with Crippen molar-refractivity contribution in [2.75, 3.05) is 13.1 Å². The molecule has 1 fully saturated rings. The van der Waals surface area contributed by atoms with Crippen molar-refractivity contribution in [2.45, 2.75) is 38.8 Å². The topological polar surface area (TPSA) is 86.8 Å². The van der Waals surface area contributed by atoms with E-state index in [1.165, 1.54) is 0 Å². The maximum atomic E-state index is 12.3. The number of nitrogens with zero attached hydrogens (tertiary/aromatic N) is 3. The maximum Gasteiger partial charge on any atom is 0.343 e. The van der Waals surface area contributed by atoms with Crippen molar-refractivity contribution in [2.24, 2.45) is 0 Å². The van der Waals surface area contributed by atoms with Crippen LogP contribution in [0.25, 0.3) is 10.9 Å². The Morgan fingerprint density at radius 3 is 2.96 bits per heavy atom. The Morgan fingerprint density at radius 1 is 1.27 bits per heavy atom. The van der Waals surface area contributed by atoms with E-state index in [0.29, 0.717) is 13.1 Å². The first-order valence-electron chi connectivity index (χ1n) is 9.14. The summed E-state index contributed by atoms with van der Waals surface area (Å²) in [6.45, 7) is 5.09. The second-order valence-corrected chi connectivity index (χ2v) is 6.91. The molecule has 7 heteroatoms. The molecule has 0 aliphatic carbocycles. The Morgan fingerprint density at radius 2 is 2.12 bits per heavy atom. The van der Waals surface area contributed by atoms with Crippen molar-refractivity contribution < 1.29 is 0 Å². The van der Waals surface area contributed by atoms with Crippen molar-refractivity contribution in [3.63, 3.8) is 0 Å². The number of nitrogens with one attached hydrogen (secondary N) is 2. The minimum absolute atomic E-state index is 0.0510. The van der Waals surface area contributed by atoms with E-state index < -0.39 is 0 Å². The molecule has 1 saturated heterocycles. The van der Waals surface area contributed by atoms with E-state index in [1.54, 1.807) is 10.6 Å². The van der Waals surface area contributed by atoms with Crippen molar-refractivity contribution in [1.29, 1.82) is 0 Å². The molecular weight excluding hydrogens is 330 g/mol. The first-order valence-corrected chi connectivity index (χ1v) is 9.14. The number of likely N-dealkylation sites (tertiary alicyclic amines) is 1. The smallest absolute Gasteiger partial charge is 0.343 e. The first-order chi connectivity index (χ1) is 12.7. The molecular formula is C19H23N5O2. The normalized spacial score (nSPS) is 18.4. The van der Waals surface area contributed by atoms with Gasteiger partial charge in [0.05, 0.1) is 0 Å². The van der Waals surface area contributed by atoms with Crippen molar-refractivity contribution in [1.82, 2.24) is 24.6 Å². The summed E-state index contributed by atoms with van der Waals surface area (Å²) in [5, 5.41) is 7.54. The number of fused-ring (bicyclic) bond motifs is 1. The highest BCUT2D eigenvalue weighted by Crippen LogP contribution is 2.25. The Kier molecular flexibility index (Phi) is 4.46. The van der Waals surface area contributed by atoms with E-state index in [-0.39, 0.29) is 17.0 Å². The lowest BCUT2D eigenvalue weighted by Crippen LogP contribution is -2.36. The molecule has 0 spiro atoms. The molecule has 1 unspecified atom stereocenters. The molecule has 136 valence electrons. The predicted molar refractivity (Wildman–Crippen MR) is 100 cm³/mol. The van der Waals surface area contributed by atoms with Crippen LogP contribution in [-0.4, -0.2) is 37.7 Å². The second kappa shape index (κ2) is 6.92. The van der Waals surface area contributed by atoms with Gasteiger partial charge in [0.15, 0.2) is 5.43 Å². The van der Waals surface area contributed by atoms with Gasteiger partial charge in [0.1, 0.15) is 5.82 Å². The molecule has 0 saturated carbocycles. The molecule has 26 heavy (non-hydrogen) atoms. The fourth-order valence-electron chi connectivity index (χ4n) is 3.94. The Labute approximate surface area is 150 Å². The molecule has 2 N–H and O–H groups in total. The first kappa shape index (κ1) is 16.8. The van der Waals surface area contributed by atoms with Gasteiger partial charge < -0.3 is 4.98 Å². The number of pyridine rings is 1. The van der Waals surface area contributed by atoms with Crippen LogP contribution >= 0.6 is 0 Å². The Bertz CT molecular complexity index is 1030. The number of aromatic amines is 2. The standard InChI is InChI=1S/C19H23N5O2/c1-2-24-18(21-22-19(24)26)13-6-5-9-23(11-13)12-14-10-17(25)15-7-3-4-8-16(15)20-14/h3-4,7-8,10,13H,2,5-6,9,11-12H2,1H3,(H,20,25)(H,22,26). The van der Waals surface area contributed by atoms with Gasteiger partial charge in [-0.1, -0.05) is 12.1 Å². The predicted octanol–water partition coefficient (Wildman–Crippen LogP) is 1.81. The van der Waals surface area contributed by atoms with Crippen LogP contribution in [0.4, 0.5) is 0 Å². The van der Waals surface area contributed by atoms with E-state index in [0.717, 1.165) is 48.4 Å². The number of piperidine rings is 1. The minimum Gasteiger partial charge on any atom is -0.357 e. The molecule has 1 aliphatic rings. The number of aromatic nitrogens is 4. The van der Waals surface area contributed by atoms with Crippen molar-refractivity contribution >= 4 is 10.9 Å². The van der Waals surface area contributed by atoms with Gasteiger partial charge in [-0.15, -0.1) is 0 Å². The zero-order valence-electron chi connectivity index (χ0n) is 14.9. The Balaban J connectivity index is 1.55. The third-order valence-corrected chi connectivity index (χ3v) is 5.16. The summed E-state index contributed by atoms with van der Waals surface area (Å²) in [4.78, 5) is 29.9. The van der Waals surface area contributed by atoms with Gasteiger partial charge in [0.2, 0.25) is 0 Å². The van der Waals surface area contributed by atoms with Crippen molar-refractivity contribution in [3.8, 4) is 0 Å². The summed E-state index contributed by atoms with van der Waals surface area (Å²) in [6.07, 6.45) is 2.07. The lowest BCUT2D eigenvalue weighted by atomic mass is 9.97. The fourth-order valence-corrected chi connectivity index (χ4v) is 3.94. The molecule has 0 bridgehead atoms. The van der Waals surface area contributed by atoms with Gasteiger partial charge in [-0.25, -0.2) is 9.89 Å². The second-order valence-electron chi connectivity index (χ2n) is 6.91. The van der Waals surface area contributed by atoms with Crippen LogP contribution in [0.3, 0.4) is 0 Å². The van der Waals surface area contributed by atoms with Gasteiger partial charge in [0, 0.05) is 48.2 Å². The van der Waals surface area contributed by atoms with Gasteiger partial charge in [-0.05, 0) is 38.4 Å². The largest absolute Gasteiger partial charge is 0.357 e. The molecule has 0 amide bonds. The highest BCUT2D eigenvalue weighted by molar-refractivity contribution is 5.78. The van der Waals surface area contributed by atoms with Gasteiger partial charge in [-0.3, -0.25) is 14.3 Å². The quantitative estimate of drug-likeness (QED) is 0.749. The van der Waals surface area contributed by atoms with Crippen LogP contribution in [0.1, 0.15) is 37.2 Å². The molecule has 3 aromatic rings. The van der Waals surface area contributed by atoms with Crippen LogP contribution in [0.2, 0.25) is 0 Å². The van der Waals surface area contributed by atoms with Crippen molar-refractivity contribution in [3.05, 3.63) is 62.6 Å². The fraction of sp³-hybridized carbons (Fsp3) is 0.421. The number of hydrogen-bond donors (Lipinski definition) is 2. The molecule has 1 aliphatic heterocycles. The molecule has 1 aromatic carbocycles. The average molecular weight is 353 g/mol. The molecule has 4 rings (SSSR count). The van der Waals surface area contributed by atoms with Crippen LogP contribution in [-0.2, 0) is 13.1 Å². The van der Waals surface area contributed by atoms with Crippen LogP contribution in [0.5, 0.6) is 0 Å². The van der Waals surface area contributed by atoms with Gasteiger partial charge in [-0.2, -0.15) is 5.10 Å². The van der Waals surface area contributed by atoms with E-state index in [1.807, 2.05) is 31.2 Å². The number of benzene rings is 1. The zero-order valence-corrected chi connectivity index (χ0v) is 14.9. The Hall–Kier alpha value is -2.67. The van der Waals surface area contributed by atoms with E-state index in [2.05, 4.69) is 20.1 Å². The minimum atomic E-state index is -0.140.